The Morgan fingerprint density at radius 3 is 2.88 bits per heavy atom. The lowest BCUT2D eigenvalue weighted by atomic mass is 9.90. The van der Waals surface area contributed by atoms with E-state index in [1.54, 1.807) is 11.0 Å². The fraction of sp³-hybridized carbons (Fsp3) is 0.474. The highest BCUT2D eigenvalue weighted by Gasteiger charge is 2.25. The number of carbonyl (C=O) groups is 2. The van der Waals surface area contributed by atoms with Gasteiger partial charge in [0.15, 0.2) is 5.75 Å². The summed E-state index contributed by atoms with van der Waals surface area (Å²) in [6.07, 6.45) is 5.39. The molecule has 0 radical (unpaired) electrons. The molecule has 25 heavy (non-hydrogen) atoms. The van der Waals surface area contributed by atoms with Gasteiger partial charge in [-0.2, -0.15) is 5.48 Å². The number of carbonyl (C=O) groups excluding carboxylic acids is 2. The van der Waals surface area contributed by atoms with Gasteiger partial charge in [-0.15, -0.1) is 0 Å². The molecule has 0 aromatic heterocycles. The smallest absolute Gasteiger partial charge is 0.276 e. The molecule has 2 N–H and O–H groups in total. The zero-order valence-corrected chi connectivity index (χ0v) is 14.2. The Morgan fingerprint density at radius 1 is 1.40 bits per heavy atom. The second-order valence-corrected chi connectivity index (χ2v) is 6.37. The number of phenols is 1. The largest absolute Gasteiger partial charge is 0.504 e. The van der Waals surface area contributed by atoms with Crippen LogP contribution in [0.25, 0.3) is 6.08 Å². The van der Waals surface area contributed by atoms with Crippen molar-refractivity contribution in [3.8, 4) is 11.5 Å². The summed E-state index contributed by atoms with van der Waals surface area (Å²) in [5.74, 6) is -0.545. The molecule has 6 nitrogen and oxygen atoms in total. The topological polar surface area (TPSA) is 78.9 Å². The predicted molar refractivity (Wildman–Crippen MR) is 93.8 cm³/mol. The number of nitrogens with one attached hydrogen (secondary N) is 1. The lowest BCUT2D eigenvalue weighted by Gasteiger charge is -2.31. The van der Waals surface area contributed by atoms with E-state index >= 15 is 0 Å². The predicted octanol–water partition coefficient (Wildman–Crippen LogP) is 2.41. The van der Waals surface area contributed by atoms with E-state index in [0.29, 0.717) is 37.9 Å². The summed E-state index contributed by atoms with van der Waals surface area (Å²) in [5.41, 5.74) is 2.72. The molecule has 3 rings (SSSR count). The van der Waals surface area contributed by atoms with E-state index in [1.807, 2.05) is 6.92 Å². The van der Waals surface area contributed by atoms with Crippen LogP contribution in [0, 0.1) is 5.92 Å². The summed E-state index contributed by atoms with van der Waals surface area (Å²) in [6.45, 7) is 0.913. The third-order valence-electron chi connectivity index (χ3n) is 4.56. The van der Waals surface area contributed by atoms with E-state index < -0.39 is 12.4 Å². The summed E-state index contributed by atoms with van der Waals surface area (Å²) < 4.78 is 17.1. The van der Waals surface area contributed by atoms with Crippen LogP contribution in [0.15, 0.2) is 18.2 Å². The molecule has 2 aliphatic heterocycles. The molecular formula is C19H24N2O4. The summed E-state index contributed by atoms with van der Waals surface area (Å²) in [7, 11) is 0. The van der Waals surface area contributed by atoms with E-state index in [1.165, 1.54) is 18.2 Å². The van der Waals surface area contributed by atoms with Crippen LogP contribution < -0.4 is 10.3 Å². The number of piperidine rings is 1. The second-order valence-electron chi connectivity index (χ2n) is 6.37. The second kappa shape index (κ2) is 7.70. The van der Waals surface area contributed by atoms with E-state index in [2.05, 4.69) is 5.48 Å². The maximum atomic E-state index is 12.1. The Morgan fingerprint density at radius 2 is 2.16 bits per heavy atom. The number of aromatic hydroxyl groups is 1. The van der Waals surface area contributed by atoms with E-state index in [9.17, 15) is 14.7 Å². The molecule has 0 aliphatic carbocycles. The van der Waals surface area contributed by atoms with Gasteiger partial charge >= 0.3 is 0 Å². The maximum Gasteiger partial charge on any atom is 0.276 e. The number of Topliss-reactive ketones (excluding diaryl/α,β-unsaturated/α-hetero) is 1. The first-order chi connectivity index (χ1) is 12.8. The number of hydrogen-bond acceptors (Lipinski definition) is 5. The number of fused-ring (bicyclic) bond motifs is 1. The molecule has 1 aromatic rings. The maximum absolute atomic E-state index is 12.1. The van der Waals surface area contributed by atoms with Gasteiger partial charge in [-0.1, -0.05) is 19.1 Å². The highest BCUT2D eigenvalue weighted by molar-refractivity contribution is 5.92. The monoisotopic (exact) mass is 346 g/mol. The van der Waals surface area contributed by atoms with E-state index in [-0.39, 0.29) is 28.8 Å². The molecule has 0 bridgehead atoms. The van der Waals surface area contributed by atoms with Crippen LogP contribution in [0.5, 0.6) is 11.5 Å². The molecule has 0 unspecified atom stereocenters. The average molecular weight is 346 g/mol. The van der Waals surface area contributed by atoms with Crippen molar-refractivity contribution in [1.29, 1.82) is 0 Å². The summed E-state index contributed by atoms with van der Waals surface area (Å²) in [4.78, 5) is 30.3. The number of hydroxylamine groups is 1. The van der Waals surface area contributed by atoms with Gasteiger partial charge in [0.05, 0.1) is 0 Å². The van der Waals surface area contributed by atoms with Crippen LogP contribution >= 0.6 is 0 Å². The molecule has 0 spiro atoms. The lowest BCUT2D eigenvalue weighted by Crippen LogP contribution is -2.35. The Balaban J connectivity index is 1.79. The van der Waals surface area contributed by atoms with Crippen molar-refractivity contribution in [2.45, 2.75) is 39.1 Å². The van der Waals surface area contributed by atoms with Crippen LogP contribution in [0.1, 0.15) is 46.5 Å². The third-order valence-corrected chi connectivity index (χ3v) is 4.56. The fourth-order valence-electron chi connectivity index (χ4n) is 3.15. The highest BCUT2D eigenvalue weighted by atomic mass is 16.7. The number of ketones is 1. The zero-order chi connectivity index (χ0) is 19.6. The molecule has 134 valence electrons. The molecule has 1 aromatic carbocycles. The Labute approximate surface area is 150 Å². The number of rotatable bonds is 5. The van der Waals surface area contributed by atoms with Gasteiger partial charge in [0.25, 0.3) is 5.91 Å². The Bertz CT molecular complexity index is 771. The zero-order valence-electron chi connectivity index (χ0n) is 16.2. The van der Waals surface area contributed by atoms with Crippen LogP contribution in [0.2, 0.25) is 0 Å². The average Bonchev–Trinajstić information content (AvgIpc) is 2.84. The molecular weight excluding hydrogens is 320 g/mol. The van der Waals surface area contributed by atoms with Gasteiger partial charge < -0.3 is 9.94 Å². The number of benzene rings is 1. The molecule has 1 amide bonds. The van der Waals surface area contributed by atoms with Gasteiger partial charge in [0, 0.05) is 38.8 Å². The van der Waals surface area contributed by atoms with Crippen molar-refractivity contribution >= 4 is 17.8 Å². The van der Waals surface area contributed by atoms with Crippen molar-refractivity contribution in [2.24, 2.45) is 5.92 Å². The molecule has 2 aliphatic rings. The van der Waals surface area contributed by atoms with Crippen LogP contribution in [-0.4, -0.2) is 34.8 Å². The van der Waals surface area contributed by atoms with Crippen molar-refractivity contribution < 1.29 is 22.3 Å². The van der Waals surface area contributed by atoms with Crippen molar-refractivity contribution in [2.75, 3.05) is 13.1 Å². The van der Waals surface area contributed by atoms with Gasteiger partial charge in [-0.3, -0.25) is 14.5 Å². The number of amides is 1. The van der Waals surface area contributed by atoms with E-state index in [0.717, 1.165) is 6.42 Å². The molecule has 1 saturated heterocycles. The first kappa shape index (κ1) is 15.0. The van der Waals surface area contributed by atoms with Crippen molar-refractivity contribution in [3.05, 3.63) is 29.3 Å². The number of phenolic OH excluding ortho intramolecular Hbond substituents is 1. The van der Waals surface area contributed by atoms with E-state index in [4.69, 9.17) is 7.58 Å². The number of hydrogen-bond donors (Lipinski definition) is 2. The van der Waals surface area contributed by atoms with Crippen molar-refractivity contribution in [3.63, 3.8) is 0 Å². The highest BCUT2D eigenvalue weighted by Crippen LogP contribution is 2.36. The standard InChI is InChI=1S/C19H24N2O4/c1-2-3-16(22)13-8-10-21(11-9-13)12-15-5-4-14-6-7-17(23)20-25-19(14)18(15)24/h4-7,13,24H,2-3,8-12H2,1H3,(H,20,23)/i12D2. The lowest BCUT2D eigenvalue weighted by molar-refractivity contribution is -0.124. The van der Waals surface area contributed by atoms with Crippen molar-refractivity contribution in [1.82, 2.24) is 10.4 Å². The molecule has 2 heterocycles. The van der Waals surface area contributed by atoms with Gasteiger partial charge in [-0.25, -0.2) is 0 Å². The molecule has 1 fully saturated rings. The minimum absolute atomic E-state index is 0.0127. The van der Waals surface area contributed by atoms with Gasteiger partial charge in [0.1, 0.15) is 5.78 Å². The first-order valence-electron chi connectivity index (χ1n) is 9.63. The Hall–Kier alpha value is -2.34. The summed E-state index contributed by atoms with van der Waals surface area (Å²) in [5, 5.41) is 10.6. The minimum Gasteiger partial charge on any atom is -0.504 e. The fourth-order valence-corrected chi connectivity index (χ4v) is 3.15. The molecule has 0 atom stereocenters. The Kier molecular flexibility index (Phi) is 4.60. The van der Waals surface area contributed by atoms with Gasteiger partial charge in [-0.05, 0) is 38.4 Å². The summed E-state index contributed by atoms with van der Waals surface area (Å²) >= 11 is 0. The molecule has 0 saturated carbocycles. The van der Waals surface area contributed by atoms with Crippen LogP contribution in [0.3, 0.4) is 0 Å². The van der Waals surface area contributed by atoms with Crippen LogP contribution in [-0.2, 0) is 16.1 Å². The normalized spacial score (nSPS) is 20.0. The first-order valence-corrected chi connectivity index (χ1v) is 8.63. The molecule has 6 heteroatoms. The minimum atomic E-state index is -1.93. The van der Waals surface area contributed by atoms with Crippen LogP contribution in [0.4, 0.5) is 0 Å². The SMILES string of the molecule is [2H]C([2H])(c1ccc2c(c1O)ONC(=O)C=C2)N1CCC(C(=O)CCC)CC1. The number of nitrogens with zero attached hydrogens (tertiary/aromatic N) is 1. The summed E-state index contributed by atoms with van der Waals surface area (Å²) in [6, 6.07) is 3.11. The quantitative estimate of drug-likeness (QED) is 0.856. The third kappa shape index (κ3) is 4.02. The van der Waals surface area contributed by atoms with Gasteiger partial charge in [0.2, 0.25) is 5.75 Å². The number of likely N-dealkylation sites (tertiary alicyclic amines) is 1.